The second-order valence-corrected chi connectivity index (χ2v) is 7.96. The van der Waals surface area contributed by atoms with Gasteiger partial charge in [0.1, 0.15) is 23.0 Å². The first kappa shape index (κ1) is 25.1. The first-order valence-corrected chi connectivity index (χ1v) is 10.2. The molecule has 1 atom stereocenters. The number of ketones is 1. The lowest BCUT2D eigenvalue weighted by atomic mass is 10.1. The SMILES string of the molecule is C=C(Nc1nc(P)c(CC(C)=O)[nH]1)C(C)(C)Oc1ccc(F)cc1F.Fc1ccccc1. The second-order valence-electron chi connectivity index (χ2n) is 7.41. The fraction of sp³-hybridized carbons (Fsp3) is 0.217. The van der Waals surface area contributed by atoms with Gasteiger partial charge in [0.15, 0.2) is 11.6 Å². The Morgan fingerprint density at radius 1 is 1.16 bits per heavy atom. The summed E-state index contributed by atoms with van der Waals surface area (Å²) in [7, 11) is 2.45. The van der Waals surface area contributed by atoms with Crippen LogP contribution in [0.4, 0.5) is 19.1 Å². The summed E-state index contributed by atoms with van der Waals surface area (Å²) in [6.45, 7) is 8.76. The van der Waals surface area contributed by atoms with E-state index in [1.165, 1.54) is 25.1 Å². The topological polar surface area (TPSA) is 67.0 Å². The standard InChI is InChI=1S/C17H20F2N3O2P.C6H5F/c1-9(23)7-13-15(25)22-16(21-13)20-10(2)17(3,4)24-14-6-5-11(18)8-12(14)19;7-6-4-2-1-3-5-6/h5-6,8H,2,7,25H2,1,3-4H3,(H2,20,21,22);1-5H. The maximum absolute atomic E-state index is 13.8. The lowest BCUT2D eigenvalue weighted by Crippen LogP contribution is -2.34. The zero-order valence-corrected chi connectivity index (χ0v) is 19.2. The van der Waals surface area contributed by atoms with Crippen LogP contribution in [0.25, 0.3) is 0 Å². The summed E-state index contributed by atoms with van der Waals surface area (Å²) in [6.07, 6.45) is 0.237. The van der Waals surface area contributed by atoms with Crippen molar-refractivity contribution in [3.63, 3.8) is 0 Å². The molecule has 0 aliphatic carbocycles. The molecule has 0 amide bonds. The van der Waals surface area contributed by atoms with Crippen LogP contribution in [-0.4, -0.2) is 21.4 Å². The molecule has 0 bridgehead atoms. The first-order chi connectivity index (χ1) is 15.0. The lowest BCUT2D eigenvalue weighted by molar-refractivity contribution is -0.116. The van der Waals surface area contributed by atoms with E-state index in [1.54, 1.807) is 32.0 Å². The van der Waals surface area contributed by atoms with Gasteiger partial charge in [-0.2, -0.15) is 0 Å². The van der Waals surface area contributed by atoms with Crippen molar-refractivity contribution in [3.05, 3.63) is 84.0 Å². The molecule has 1 aromatic heterocycles. The van der Waals surface area contributed by atoms with Crippen LogP contribution in [0, 0.1) is 17.5 Å². The van der Waals surface area contributed by atoms with Gasteiger partial charge in [0.2, 0.25) is 5.95 Å². The number of halogens is 3. The molecule has 2 aromatic carbocycles. The number of ether oxygens (including phenoxy) is 1. The highest BCUT2D eigenvalue weighted by Crippen LogP contribution is 2.27. The van der Waals surface area contributed by atoms with Gasteiger partial charge in [-0.15, -0.1) is 0 Å². The Kier molecular flexibility index (Phi) is 8.61. The Hall–Kier alpha value is -3.12. The molecule has 0 saturated heterocycles. The molecule has 3 aromatic rings. The highest BCUT2D eigenvalue weighted by molar-refractivity contribution is 7.27. The number of aromatic nitrogens is 2. The quantitative estimate of drug-likeness (QED) is 0.488. The van der Waals surface area contributed by atoms with E-state index in [9.17, 15) is 18.0 Å². The third-order valence-corrected chi connectivity index (χ3v) is 4.70. The van der Waals surface area contributed by atoms with Gasteiger partial charge in [0, 0.05) is 12.5 Å². The predicted molar refractivity (Wildman–Crippen MR) is 123 cm³/mol. The van der Waals surface area contributed by atoms with E-state index in [-0.39, 0.29) is 23.8 Å². The van der Waals surface area contributed by atoms with E-state index in [2.05, 4.69) is 31.1 Å². The number of carbonyl (C=O) groups excluding carboxylic acids is 1. The molecule has 2 N–H and O–H groups in total. The molecule has 3 rings (SSSR count). The number of aromatic amines is 1. The summed E-state index contributed by atoms with van der Waals surface area (Å²) in [5, 5.41) is 2.96. The largest absolute Gasteiger partial charge is 0.479 e. The van der Waals surface area contributed by atoms with E-state index in [0.29, 0.717) is 22.8 Å². The van der Waals surface area contributed by atoms with Crippen LogP contribution in [0.5, 0.6) is 5.75 Å². The number of Topliss-reactive ketones (excluding diaryl/α,β-unsaturated/α-hetero) is 1. The summed E-state index contributed by atoms with van der Waals surface area (Å²) < 4.78 is 44.3. The summed E-state index contributed by atoms with van der Waals surface area (Å²) in [5.41, 5.74) is 0.696. The number of hydrogen-bond donors (Lipinski definition) is 2. The van der Waals surface area contributed by atoms with Crippen LogP contribution < -0.4 is 15.5 Å². The van der Waals surface area contributed by atoms with E-state index in [0.717, 1.165) is 12.1 Å². The highest BCUT2D eigenvalue weighted by Gasteiger charge is 2.26. The Bertz CT molecular complexity index is 1090. The zero-order valence-electron chi connectivity index (χ0n) is 18.0. The maximum atomic E-state index is 13.8. The molecular formula is C23H25F3N3O2P. The van der Waals surface area contributed by atoms with Gasteiger partial charge in [-0.05, 0) is 45.0 Å². The van der Waals surface area contributed by atoms with E-state index in [4.69, 9.17) is 4.74 Å². The second kappa shape index (κ2) is 11.0. The van der Waals surface area contributed by atoms with Crippen LogP contribution in [-0.2, 0) is 11.2 Å². The van der Waals surface area contributed by atoms with Gasteiger partial charge in [-0.25, -0.2) is 18.2 Å². The number of hydrogen-bond acceptors (Lipinski definition) is 4. The van der Waals surface area contributed by atoms with E-state index >= 15 is 0 Å². The summed E-state index contributed by atoms with van der Waals surface area (Å²) in [4.78, 5) is 18.5. The Morgan fingerprint density at radius 3 is 2.34 bits per heavy atom. The molecule has 0 spiro atoms. The number of benzene rings is 2. The number of nitrogens with zero attached hydrogens (tertiary/aromatic N) is 1. The fourth-order valence-corrected chi connectivity index (χ4v) is 2.77. The van der Waals surface area contributed by atoms with Crippen molar-refractivity contribution in [2.75, 3.05) is 5.32 Å². The molecule has 0 aliphatic rings. The normalized spacial score (nSPS) is 10.7. The van der Waals surface area contributed by atoms with Gasteiger partial charge in [-0.1, -0.05) is 34.0 Å². The Labute approximate surface area is 187 Å². The average molecular weight is 463 g/mol. The van der Waals surface area contributed by atoms with Crippen molar-refractivity contribution in [1.29, 1.82) is 0 Å². The average Bonchev–Trinajstić information content (AvgIpc) is 3.03. The van der Waals surface area contributed by atoms with Crippen LogP contribution >= 0.6 is 9.24 Å². The lowest BCUT2D eigenvalue weighted by Gasteiger charge is -2.29. The third kappa shape index (κ3) is 7.54. The van der Waals surface area contributed by atoms with Gasteiger partial charge >= 0.3 is 0 Å². The summed E-state index contributed by atoms with van der Waals surface area (Å²) in [6, 6.07) is 11.0. The number of H-pyrrole nitrogens is 1. The monoisotopic (exact) mass is 463 g/mol. The molecule has 0 fully saturated rings. The minimum atomic E-state index is -1.01. The predicted octanol–water partition coefficient (Wildman–Crippen LogP) is 4.93. The third-order valence-electron chi connectivity index (χ3n) is 4.22. The zero-order chi connectivity index (χ0) is 23.9. The number of rotatable bonds is 7. The van der Waals surface area contributed by atoms with E-state index in [1.807, 2.05) is 0 Å². The smallest absolute Gasteiger partial charge is 0.205 e. The molecule has 0 radical (unpaired) electrons. The summed E-state index contributed by atoms with van der Waals surface area (Å²) in [5.74, 6) is -1.34. The molecule has 9 heteroatoms. The van der Waals surface area contributed by atoms with Gasteiger partial charge in [0.25, 0.3) is 0 Å². The summed E-state index contributed by atoms with van der Waals surface area (Å²) >= 11 is 0. The highest BCUT2D eigenvalue weighted by atomic mass is 31.0. The van der Waals surface area contributed by atoms with Crippen LogP contribution in [0.2, 0.25) is 0 Å². The fourth-order valence-electron chi connectivity index (χ4n) is 2.47. The van der Waals surface area contributed by atoms with Crippen molar-refractivity contribution in [1.82, 2.24) is 9.97 Å². The minimum Gasteiger partial charge on any atom is -0.479 e. The minimum absolute atomic E-state index is 0.00757. The molecule has 0 saturated carbocycles. The van der Waals surface area contributed by atoms with Crippen LogP contribution in [0.15, 0.2) is 60.8 Å². The first-order valence-electron chi connectivity index (χ1n) is 9.62. The van der Waals surface area contributed by atoms with Gasteiger partial charge < -0.3 is 15.0 Å². The molecule has 5 nitrogen and oxygen atoms in total. The van der Waals surface area contributed by atoms with Crippen molar-refractivity contribution in [2.24, 2.45) is 0 Å². The Morgan fingerprint density at radius 2 is 1.81 bits per heavy atom. The molecule has 1 heterocycles. The maximum Gasteiger partial charge on any atom is 0.205 e. The van der Waals surface area contributed by atoms with Crippen molar-refractivity contribution in [3.8, 4) is 5.75 Å². The van der Waals surface area contributed by atoms with Gasteiger partial charge in [0.05, 0.1) is 16.8 Å². The number of imidazole rings is 1. The number of nitrogens with one attached hydrogen (secondary N) is 2. The van der Waals surface area contributed by atoms with E-state index < -0.39 is 17.2 Å². The van der Waals surface area contributed by atoms with Crippen molar-refractivity contribution >= 4 is 26.4 Å². The molecule has 32 heavy (non-hydrogen) atoms. The molecule has 1 unspecified atom stereocenters. The number of carbonyl (C=O) groups is 1. The van der Waals surface area contributed by atoms with Crippen molar-refractivity contribution in [2.45, 2.75) is 32.8 Å². The van der Waals surface area contributed by atoms with Crippen molar-refractivity contribution < 1.29 is 22.7 Å². The molecule has 0 aliphatic heterocycles. The van der Waals surface area contributed by atoms with Crippen LogP contribution in [0.3, 0.4) is 0 Å². The molecule has 170 valence electrons. The number of anilines is 1. The van der Waals surface area contributed by atoms with Crippen LogP contribution in [0.1, 0.15) is 26.5 Å². The Balaban J connectivity index is 0.000000439. The molecular weight excluding hydrogens is 438 g/mol. The van der Waals surface area contributed by atoms with Gasteiger partial charge in [-0.3, -0.25) is 4.79 Å².